The lowest BCUT2D eigenvalue weighted by atomic mass is 9.99. The number of hydrogen-bond donors (Lipinski definition) is 6. The lowest BCUT2D eigenvalue weighted by Gasteiger charge is -2.40. The van der Waals surface area contributed by atoms with Crippen LogP contribution in [0.3, 0.4) is 0 Å². The Morgan fingerprint density at radius 3 is 1.23 bits per heavy atom. The van der Waals surface area contributed by atoms with Crippen LogP contribution in [0.4, 0.5) is 0 Å². The maximum atomic E-state index is 13.0. The summed E-state index contributed by atoms with van der Waals surface area (Å²) in [6, 6.07) is -0.801. The lowest BCUT2D eigenvalue weighted by Crippen LogP contribution is -2.60. The van der Waals surface area contributed by atoms with Crippen molar-refractivity contribution < 1.29 is 39.8 Å². The van der Waals surface area contributed by atoms with Crippen molar-refractivity contribution in [3.05, 3.63) is 24.3 Å². The van der Waals surface area contributed by atoms with E-state index in [2.05, 4.69) is 31.3 Å². The number of amides is 1. The highest BCUT2D eigenvalue weighted by molar-refractivity contribution is 5.76. The van der Waals surface area contributed by atoms with Gasteiger partial charge in [0.15, 0.2) is 6.29 Å². The van der Waals surface area contributed by atoms with Crippen LogP contribution >= 0.6 is 0 Å². The van der Waals surface area contributed by atoms with Crippen molar-refractivity contribution in [2.45, 2.75) is 320 Å². The third-order valence-corrected chi connectivity index (χ3v) is 13.8. The molecule has 0 aromatic rings. The first-order valence-electron chi connectivity index (χ1n) is 28.6. The van der Waals surface area contributed by atoms with Crippen molar-refractivity contribution in [2.24, 2.45) is 0 Å². The van der Waals surface area contributed by atoms with Crippen molar-refractivity contribution in [1.82, 2.24) is 5.32 Å². The molecule has 1 aliphatic heterocycles. The highest BCUT2D eigenvalue weighted by Gasteiger charge is 2.44. The second-order valence-electron chi connectivity index (χ2n) is 20.1. The molecule has 0 aromatic heterocycles. The summed E-state index contributed by atoms with van der Waals surface area (Å²) in [4.78, 5) is 13.0. The predicted molar refractivity (Wildman–Crippen MR) is 277 cm³/mol. The van der Waals surface area contributed by atoms with Crippen LogP contribution in [-0.4, -0.2) is 87.5 Å². The van der Waals surface area contributed by atoms with Crippen molar-refractivity contribution in [1.29, 1.82) is 0 Å². The molecule has 7 unspecified atom stereocenters. The highest BCUT2D eigenvalue weighted by atomic mass is 16.7. The number of unbranched alkanes of at least 4 members (excludes halogenated alkanes) is 37. The number of ether oxygens (including phenoxy) is 2. The lowest BCUT2D eigenvalue weighted by molar-refractivity contribution is -0.302. The quantitative estimate of drug-likeness (QED) is 0.0261. The van der Waals surface area contributed by atoms with Gasteiger partial charge in [-0.15, -0.1) is 0 Å². The van der Waals surface area contributed by atoms with E-state index in [9.17, 15) is 30.3 Å². The third-order valence-electron chi connectivity index (χ3n) is 13.8. The first-order valence-corrected chi connectivity index (χ1v) is 28.6. The van der Waals surface area contributed by atoms with Gasteiger partial charge in [0, 0.05) is 6.42 Å². The van der Waals surface area contributed by atoms with Gasteiger partial charge >= 0.3 is 0 Å². The number of allylic oxidation sites excluding steroid dienone is 3. The van der Waals surface area contributed by atoms with E-state index in [1.807, 2.05) is 6.08 Å². The molecular formula is C57H109NO8. The summed E-state index contributed by atoms with van der Waals surface area (Å²) in [5.41, 5.74) is 0. The summed E-state index contributed by atoms with van der Waals surface area (Å²) in [5, 5.41) is 54.4. The standard InChI is InChI=1S/C57H109NO8/c1-3-5-7-9-11-13-15-17-18-19-20-21-22-23-24-25-26-27-28-29-30-31-32-33-35-37-39-41-43-45-47-53(61)58-50(49-65-57-56(64)55(63)54(62)52(48-59)66-57)51(60)46-44-42-40-38-36-34-16-14-12-10-8-6-4-2/h23-24,44,46,50-52,54-57,59-60,62-64H,3-22,25-43,45,47-49H2,1-2H3,(H,58,61)/b24-23-,46-44+. The van der Waals surface area contributed by atoms with Crippen LogP contribution in [0.25, 0.3) is 0 Å². The van der Waals surface area contributed by atoms with E-state index in [0.717, 1.165) is 38.5 Å². The van der Waals surface area contributed by atoms with Crippen LogP contribution in [0.15, 0.2) is 24.3 Å². The normalized spacial score (nSPS) is 19.9. The van der Waals surface area contributed by atoms with Crippen LogP contribution < -0.4 is 5.32 Å². The molecule has 66 heavy (non-hydrogen) atoms. The fourth-order valence-corrected chi connectivity index (χ4v) is 9.21. The number of carbonyl (C=O) groups is 1. The Labute approximate surface area is 407 Å². The van der Waals surface area contributed by atoms with E-state index < -0.39 is 49.5 Å². The van der Waals surface area contributed by atoms with Gasteiger partial charge in [-0.3, -0.25) is 4.79 Å². The molecule has 6 N–H and O–H groups in total. The zero-order chi connectivity index (χ0) is 48.0. The molecule has 0 aliphatic carbocycles. The van der Waals surface area contributed by atoms with Crippen LogP contribution in [0, 0.1) is 0 Å². The summed E-state index contributed by atoms with van der Waals surface area (Å²) < 4.78 is 11.2. The van der Waals surface area contributed by atoms with Gasteiger partial charge in [0.05, 0.1) is 25.4 Å². The zero-order valence-corrected chi connectivity index (χ0v) is 43.2. The van der Waals surface area contributed by atoms with Gasteiger partial charge in [0.2, 0.25) is 5.91 Å². The summed E-state index contributed by atoms with van der Waals surface area (Å²) in [6.45, 7) is 3.80. The van der Waals surface area contributed by atoms with Gasteiger partial charge in [-0.05, 0) is 44.9 Å². The third kappa shape index (κ3) is 36.6. The van der Waals surface area contributed by atoms with E-state index in [1.54, 1.807) is 6.08 Å². The molecule has 1 amide bonds. The number of nitrogens with one attached hydrogen (secondary N) is 1. The van der Waals surface area contributed by atoms with E-state index in [0.29, 0.717) is 6.42 Å². The topological polar surface area (TPSA) is 149 Å². The predicted octanol–water partition coefficient (Wildman–Crippen LogP) is 13.8. The smallest absolute Gasteiger partial charge is 0.220 e. The maximum Gasteiger partial charge on any atom is 0.220 e. The largest absolute Gasteiger partial charge is 0.394 e. The Morgan fingerprint density at radius 2 is 0.848 bits per heavy atom. The molecule has 1 rings (SSSR count). The van der Waals surface area contributed by atoms with Crippen LogP contribution in [-0.2, 0) is 14.3 Å². The number of rotatable bonds is 49. The SMILES string of the molecule is CCCCCCCCCCCCC/C=C/C(O)C(COC1OC(CO)C(O)C(O)C1O)NC(=O)CCCCCCCCCCCCCCCC/C=C\CCCCCCCCCCCCCC. The minimum Gasteiger partial charge on any atom is -0.394 e. The molecule has 1 saturated heterocycles. The molecule has 7 atom stereocenters. The summed E-state index contributed by atoms with van der Waals surface area (Å²) in [6.07, 6.45) is 52.6. The molecule has 0 aromatic carbocycles. The molecule has 390 valence electrons. The molecule has 0 bridgehead atoms. The van der Waals surface area contributed by atoms with E-state index >= 15 is 0 Å². The molecule has 1 aliphatic rings. The second-order valence-corrected chi connectivity index (χ2v) is 20.1. The maximum absolute atomic E-state index is 13.0. The van der Waals surface area contributed by atoms with Gasteiger partial charge in [-0.1, -0.05) is 250 Å². The number of hydrogen-bond acceptors (Lipinski definition) is 8. The van der Waals surface area contributed by atoms with Crippen LogP contribution in [0.1, 0.15) is 277 Å². The number of aliphatic hydroxyl groups is 5. The van der Waals surface area contributed by atoms with Gasteiger partial charge < -0.3 is 40.3 Å². The molecule has 1 heterocycles. The summed E-state index contributed by atoms with van der Waals surface area (Å²) in [5.74, 6) is -0.174. The average molecular weight is 936 g/mol. The summed E-state index contributed by atoms with van der Waals surface area (Å²) in [7, 11) is 0. The van der Waals surface area contributed by atoms with Gasteiger partial charge in [-0.2, -0.15) is 0 Å². The van der Waals surface area contributed by atoms with Crippen molar-refractivity contribution in [2.75, 3.05) is 13.2 Å². The first kappa shape index (κ1) is 62.7. The molecule has 0 saturated carbocycles. The Kier molecular flexibility index (Phi) is 45.0. The van der Waals surface area contributed by atoms with E-state index in [1.165, 1.54) is 218 Å². The minimum atomic E-state index is -1.56. The van der Waals surface area contributed by atoms with E-state index in [-0.39, 0.29) is 12.5 Å². The van der Waals surface area contributed by atoms with Crippen LogP contribution in [0.2, 0.25) is 0 Å². The zero-order valence-electron chi connectivity index (χ0n) is 43.2. The average Bonchev–Trinajstić information content (AvgIpc) is 3.32. The molecule has 9 nitrogen and oxygen atoms in total. The second kappa shape index (κ2) is 47.4. The monoisotopic (exact) mass is 936 g/mol. The van der Waals surface area contributed by atoms with Crippen molar-refractivity contribution in [3.63, 3.8) is 0 Å². The Bertz CT molecular complexity index is 1090. The number of aliphatic hydroxyl groups excluding tert-OH is 5. The van der Waals surface area contributed by atoms with Crippen molar-refractivity contribution >= 4 is 5.91 Å². The molecule has 0 radical (unpaired) electrons. The summed E-state index contributed by atoms with van der Waals surface area (Å²) >= 11 is 0. The van der Waals surface area contributed by atoms with Gasteiger partial charge in [-0.25, -0.2) is 0 Å². The molecule has 0 spiro atoms. The Morgan fingerprint density at radius 1 is 0.500 bits per heavy atom. The van der Waals surface area contributed by atoms with Crippen molar-refractivity contribution in [3.8, 4) is 0 Å². The molecular weight excluding hydrogens is 827 g/mol. The highest BCUT2D eigenvalue weighted by Crippen LogP contribution is 2.23. The Hall–Kier alpha value is -1.33. The first-order chi connectivity index (χ1) is 32.3. The fourth-order valence-electron chi connectivity index (χ4n) is 9.21. The Balaban J connectivity index is 2.14. The van der Waals surface area contributed by atoms with E-state index in [4.69, 9.17) is 9.47 Å². The van der Waals surface area contributed by atoms with Gasteiger partial charge in [0.25, 0.3) is 0 Å². The number of carbonyl (C=O) groups excluding carboxylic acids is 1. The van der Waals surface area contributed by atoms with Gasteiger partial charge in [0.1, 0.15) is 24.4 Å². The molecule has 9 heteroatoms. The van der Waals surface area contributed by atoms with Crippen LogP contribution in [0.5, 0.6) is 0 Å². The minimum absolute atomic E-state index is 0.174. The fraction of sp³-hybridized carbons (Fsp3) is 0.912. The molecule has 1 fully saturated rings.